The van der Waals surface area contributed by atoms with Crippen LogP contribution in [0.3, 0.4) is 0 Å². The van der Waals surface area contributed by atoms with Crippen LogP contribution in [0.2, 0.25) is 0 Å². The molecule has 0 aliphatic carbocycles. The molecule has 6 nitrogen and oxygen atoms in total. The van der Waals surface area contributed by atoms with Crippen molar-refractivity contribution in [1.82, 2.24) is 19.4 Å². The van der Waals surface area contributed by atoms with Gasteiger partial charge in [0.05, 0.1) is 18.0 Å². The first-order valence-corrected chi connectivity index (χ1v) is 9.86. The van der Waals surface area contributed by atoms with Crippen molar-refractivity contribution in [2.45, 2.75) is 38.1 Å². The van der Waals surface area contributed by atoms with Crippen LogP contribution in [0.15, 0.2) is 12.4 Å². The summed E-state index contributed by atoms with van der Waals surface area (Å²) in [5.41, 5.74) is 1.02. The van der Waals surface area contributed by atoms with E-state index in [-0.39, 0.29) is 6.04 Å². The summed E-state index contributed by atoms with van der Waals surface area (Å²) in [5.74, 6) is 0.591. The molecule has 0 saturated carbocycles. The molecule has 0 amide bonds. The molecule has 1 N–H and O–H groups in total. The van der Waals surface area contributed by atoms with Crippen LogP contribution in [0, 0.1) is 5.92 Å². The van der Waals surface area contributed by atoms with Crippen molar-refractivity contribution >= 4 is 10.0 Å². The molecule has 2 aliphatic heterocycles. The first-order chi connectivity index (χ1) is 10.6. The number of nitrogens with one attached hydrogen (secondary N) is 1. The van der Waals surface area contributed by atoms with Crippen molar-refractivity contribution in [2.75, 3.05) is 25.4 Å². The topological polar surface area (TPSA) is 67.2 Å². The minimum absolute atomic E-state index is 0.0332. The smallest absolute Gasteiger partial charge is 0.214 e. The quantitative estimate of drug-likeness (QED) is 0.905. The van der Waals surface area contributed by atoms with E-state index < -0.39 is 10.0 Å². The molecule has 0 bridgehead atoms. The number of aromatic nitrogens is 2. The van der Waals surface area contributed by atoms with E-state index in [1.54, 1.807) is 8.99 Å². The molecule has 7 heteroatoms. The Morgan fingerprint density at radius 1 is 1.27 bits per heavy atom. The van der Waals surface area contributed by atoms with E-state index in [2.05, 4.69) is 10.4 Å². The summed E-state index contributed by atoms with van der Waals surface area (Å²) in [4.78, 5) is 0. The van der Waals surface area contributed by atoms with Crippen LogP contribution < -0.4 is 5.32 Å². The number of hydrogen-bond acceptors (Lipinski definition) is 4. The Hall–Kier alpha value is -0.920. The number of piperidine rings is 2. The lowest BCUT2D eigenvalue weighted by Crippen LogP contribution is -2.42. The Bertz CT molecular complexity index is 592. The van der Waals surface area contributed by atoms with E-state index in [9.17, 15) is 8.42 Å². The van der Waals surface area contributed by atoms with E-state index in [0.29, 0.717) is 18.2 Å². The SMILES string of the molecule is Cn1cc(C2CCCCN2S(=O)(=O)CC2CCNCC2)cn1. The third-order valence-electron chi connectivity index (χ3n) is 4.83. The average Bonchev–Trinajstić information content (AvgIpc) is 2.94. The van der Waals surface area contributed by atoms with Crippen LogP contribution in [0.4, 0.5) is 0 Å². The zero-order valence-electron chi connectivity index (χ0n) is 13.2. The predicted molar refractivity (Wildman–Crippen MR) is 85.9 cm³/mol. The van der Waals surface area contributed by atoms with Crippen molar-refractivity contribution in [3.63, 3.8) is 0 Å². The molecule has 0 radical (unpaired) electrons. The molecule has 3 heterocycles. The molecule has 1 aromatic rings. The lowest BCUT2D eigenvalue weighted by Gasteiger charge is -2.35. The third kappa shape index (κ3) is 3.52. The summed E-state index contributed by atoms with van der Waals surface area (Å²) >= 11 is 0. The molecule has 1 atom stereocenters. The standard InChI is InChI=1S/C15H26N4O2S/c1-18-11-14(10-17-18)15-4-2-3-9-19(15)22(20,21)12-13-5-7-16-8-6-13/h10-11,13,15-16H,2-9,12H2,1H3. The van der Waals surface area contributed by atoms with E-state index in [1.807, 2.05) is 19.4 Å². The van der Waals surface area contributed by atoms with Gasteiger partial charge < -0.3 is 5.32 Å². The van der Waals surface area contributed by atoms with Gasteiger partial charge in [0.1, 0.15) is 0 Å². The highest BCUT2D eigenvalue weighted by molar-refractivity contribution is 7.89. The molecule has 0 aromatic carbocycles. The Labute approximate surface area is 132 Å². The molecular weight excluding hydrogens is 300 g/mol. The summed E-state index contributed by atoms with van der Waals surface area (Å²) in [7, 11) is -1.33. The number of nitrogens with zero attached hydrogens (tertiary/aromatic N) is 3. The van der Waals surface area contributed by atoms with Crippen LogP contribution in [0.5, 0.6) is 0 Å². The van der Waals surface area contributed by atoms with Crippen LogP contribution in [-0.4, -0.2) is 47.9 Å². The molecule has 1 aromatic heterocycles. The molecule has 0 spiro atoms. The van der Waals surface area contributed by atoms with Crippen molar-refractivity contribution in [2.24, 2.45) is 13.0 Å². The number of aryl methyl sites for hydroxylation is 1. The Balaban J connectivity index is 1.76. The maximum atomic E-state index is 12.9. The molecule has 124 valence electrons. The van der Waals surface area contributed by atoms with Crippen LogP contribution in [0.25, 0.3) is 0 Å². The summed E-state index contributed by atoms with van der Waals surface area (Å²) in [6.45, 7) is 2.52. The second-order valence-corrected chi connectivity index (χ2v) is 8.51. The molecule has 3 rings (SSSR count). The van der Waals surface area contributed by atoms with Gasteiger partial charge in [-0.25, -0.2) is 8.42 Å². The number of hydrogen-bond donors (Lipinski definition) is 1. The van der Waals surface area contributed by atoms with Gasteiger partial charge in [0.15, 0.2) is 0 Å². The van der Waals surface area contributed by atoms with Gasteiger partial charge in [0, 0.05) is 25.4 Å². The van der Waals surface area contributed by atoms with Crippen LogP contribution in [-0.2, 0) is 17.1 Å². The molecule has 1 unspecified atom stereocenters. The van der Waals surface area contributed by atoms with Gasteiger partial charge in [-0.3, -0.25) is 4.68 Å². The molecule has 22 heavy (non-hydrogen) atoms. The summed E-state index contributed by atoms with van der Waals surface area (Å²) in [6, 6.07) is -0.0332. The Morgan fingerprint density at radius 3 is 2.73 bits per heavy atom. The minimum Gasteiger partial charge on any atom is -0.317 e. The lowest BCUT2D eigenvalue weighted by molar-refractivity contribution is 0.252. The molecular formula is C15H26N4O2S. The summed E-state index contributed by atoms with van der Waals surface area (Å²) in [6.07, 6.45) is 8.62. The highest BCUT2D eigenvalue weighted by atomic mass is 32.2. The fraction of sp³-hybridized carbons (Fsp3) is 0.800. The molecule has 2 fully saturated rings. The third-order valence-corrected chi connectivity index (χ3v) is 6.87. The van der Waals surface area contributed by atoms with Gasteiger partial charge >= 0.3 is 0 Å². The van der Waals surface area contributed by atoms with Crippen LogP contribution >= 0.6 is 0 Å². The van der Waals surface area contributed by atoms with Gasteiger partial charge in [-0.2, -0.15) is 9.40 Å². The fourth-order valence-electron chi connectivity index (χ4n) is 3.63. The second-order valence-electron chi connectivity index (χ2n) is 6.54. The van der Waals surface area contributed by atoms with Gasteiger partial charge in [-0.1, -0.05) is 6.42 Å². The van der Waals surface area contributed by atoms with Gasteiger partial charge in [0.2, 0.25) is 10.0 Å². The molecule has 2 aliphatic rings. The van der Waals surface area contributed by atoms with E-state index in [1.165, 1.54) is 0 Å². The maximum absolute atomic E-state index is 12.9. The van der Waals surface area contributed by atoms with Crippen molar-refractivity contribution in [1.29, 1.82) is 0 Å². The summed E-state index contributed by atoms with van der Waals surface area (Å²) in [5, 5.41) is 7.51. The monoisotopic (exact) mass is 326 g/mol. The molecule has 2 saturated heterocycles. The first kappa shape index (κ1) is 16.0. The predicted octanol–water partition coefficient (Wildman–Crippen LogP) is 1.28. The van der Waals surface area contributed by atoms with Crippen LogP contribution in [0.1, 0.15) is 43.7 Å². The first-order valence-electron chi connectivity index (χ1n) is 8.25. The second kappa shape index (κ2) is 6.68. The Morgan fingerprint density at radius 2 is 2.05 bits per heavy atom. The highest BCUT2D eigenvalue weighted by Gasteiger charge is 2.35. The number of rotatable bonds is 4. The van der Waals surface area contributed by atoms with Crippen molar-refractivity contribution in [3.8, 4) is 0 Å². The van der Waals surface area contributed by atoms with E-state index >= 15 is 0 Å². The van der Waals surface area contributed by atoms with Gasteiger partial charge in [-0.15, -0.1) is 0 Å². The largest absolute Gasteiger partial charge is 0.317 e. The maximum Gasteiger partial charge on any atom is 0.214 e. The minimum atomic E-state index is -3.20. The summed E-state index contributed by atoms with van der Waals surface area (Å²) < 4.78 is 29.3. The number of sulfonamides is 1. The van der Waals surface area contributed by atoms with Gasteiger partial charge in [-0.05, 0) is 44.7 Å². The lowest BCUT2D eigenvalue weighted by atomic mass is 10.0. The van der Waals surface area contributed by atoms with Gasteiger partial charge in [0.25, 0.3) is 0 Å². The highest BCUT2D eigenvalue weighted by Crippen LogP contribution is 2.34. The van der Waals surface area contributed by atoms with Crippen molar-refractivity contribution in [3.05, 3.63) is 18.0 Å². The fourth-order valence-corrected chi connectivity index (χ4v) is 5.77. The zero-order valence-corrected chi connectivity index (χ0v) is 14.1. The Kier molecular flexibility index (Phi) is 4.84. The van der Waals surface area contributed by atoms with E-state index in [4.69, 9.17) is 0 Å². The van der Waals surface area contributed by atoms with E-state index in [0.717, 1.165) is 50.8 Å². The normalized spacial score (nSPS) is 25.4. The van der Waals surface area contributed by atoms with Crippen molar-refractivity contribution < 1.29 is 8.42 Å². The zero-order chi connectivity index (χ0) is 15.6. The average molecular weight is 326 g/mol.